The summed E-state index contributed by atoms with van der Waals surface area (Å²) < 4.78 is 0. The number of carbonyl (C=O) groups is 1. The normalized spacial score (nSPS) is 10.1. The zero-order valence-corrected chi connectivity index (χ0v) is 12.7. The zero-order chi connectivity index (χ0) is 16.3. The third kappa shape index (κ3) is 6.22. The van der Waals surface area contributed by atoms with Crippen LogP contribution in [0.5, 0.6) is 0 Å². The van der Waals surface area contributed by atoms with Gasteiger partial charge in [0.15, 0.2) is 0 Å². The van der Waals surface area contributed by atoms with Gasteiger partial charge in [0, 0.05) is 11.5 Å². The van der Waals surface area contributed by atoms with Gasteiger partial charge in [-0.2, -0.15) is 0 Å². The van der Waals surface area contributed by atoms with Gasteiger partial charge in [0.25, 0.3) is 0 Å². The van der Waals surface area contributed by atoms with Crippen LogP contribution in [0.1, 0.15) is 17.5 Å². The van der Waals surface area contributed by atoms with Crippen molar-refractivity contribution in [3.63, 3.8) is 0 Å². The summed E-state index contributed by atoms with van der Waals surface area (Å²) in [4.78, 5) is 19.9. The molecule has 118 valence electrons. The van der Waals surface area contributed by atoms with E-state index in [1.54, 1.807) is 5.06 Å². The van der Waals surface area contributed by atoms with Crippen LogP contribution in [0.15, 0.2) is 65.8 Å². The van der Waals surface area contributed by atoms with Crippen LogP contribution in [0.25, 0.3) is 10.4 Å². The lowest BCUT2D eigenvalue weighted by atomic mass is 10.2. The van der Waals surface area contributed by atoms with E-state index in [2.05, 4.69) is 10.0 Å². The molecule has 0 heterocycles. The maximum atomic E-state index is 11.9. The summed E-state index contributed by atoms with van der Waals surface area (Å²) in [7, 11) is 0. The van der Waals surface area contributed by atoms with Gasteiger partial charge < -0.3 is 4.84 Å². The number of nitrogens with zero attached hydrogens (tertiary/aromatic N) is 4. The highest BCUT2D eigenvalue weighted by molar-refractivity contribution is 5.69. The smallest absolute Gasteiger partial charge is 0.325 e. The Labute approximate surface area is 134 Å². The van der Waals surface area contributed by atoms with Crippen LogP contribution in [0.2, 0.25) is 0 Å². The highest BCUT2D eigenvalue weighted by Gasteiger charge is 2.13. The summed E-state index contributed by atoms with van der Waals surface area (Å²) in [6.45, 7) is 1.08. The van der Waals surface area contributed by atoms with Crippen molar-refractivity contribution in [3.05, 3.63) is 82.2 Å². The molecule has 2 rings (SSSR count). The fraction of sp³-hybridized carbons (Fsp3) is 0.235. The van der Waals surface area contributed by atoms with E-state index in [-0.39, 0.29) is 13.0 Å². The first kappa shape index (κ1) is 16.5. The third-order valence-electron chi connectivity index (χ3n) is 3.11. The summed E-state index contributed by atoms with van der Waals surface area (Å²) in [5.41, 5.74) is 10.3. The van der Waals surface area contributed by atoms with Crippen molar-refractivity contribution < 1.29 is 9.63 Å². The molecule has 6 nitrogen and oxygen atoms in total. The zero-order valence-electron chi connectivity index (χ0n) is 12.7. The van der Waals surface area contributed by atoms with Gasteiger partial charge in [-0.05, 0) is 16.7 Å². The Morgan fingerprint density at radius 2 is 1.52 bits per heavy atom. The lowest BCUT2D eigenvalue weighted by Crippen LogP contribution is -2.27. The van der Waals surface area contributed by atoms with Crippen LogP contribution >= 0.6 is 0 Å². The number of hydrogen-bond acceptors (Lipinski definition) is 4. The molecule has 0 aromatic heterocycles. The van der Waals surface area contributed by atoms with Crippen LogP contribution < -0.4 is 0 Å². The summed E-state index contributed by atoms with van der Waals surface area (Å²) in [5.74, 6) is -0.413. The molecular formula is C17H18N4O2. The van der Waals surface area contributed by atoms with Crippen molar-refractivity contribution in [2.24, 2.45) is 5.11 Å². The second-order valence-electron chi connectivity index (χ2n) is 4.94. The van der Waals surface area contributed by atoms with Gasteiger partial charge in [-0.25, -0.2) is 0 Å². The van der Waals surface area contributed by atoms with Crippen molar-refractivity contribution in [1.29, 1.82) is 0 Å². The fourth-order valence-electron chi connectivity index (χ4n) is 2.07. The molecule has 0 N–H and O–H groups in total. The second kappa shape index (κ2) is 9.25. The Kier molecular flexibility index (Phi) is 6.65. The summed E-state index contributed by atoms with van der Waals surface area (Å²) >= 11 is 0. The minimum atomic E-state index is -0.413. The minimum absolute atomic E-state index is 0.0597. The average molecular weight is 310 g/mol. The van der Waals surface area contributed by atoms with E-state index in [1.165, 1.54) is 0 Å². The van der Waals surface area contributed by atoms with E-state index < -0.39 is 5.97 Å². The second-order valence-corrected chi connectivity index (χ2v) is 4.94. The highest BCUT2D eigenvalue weighted by atomic mass is 16.7. The van der Waals surface area contributed by atoms with Gasteiger partial charge in [-0.15, -0.1) is 5.06 Å². The van der Waals surface area contributed by atoms with E-state index in [9.17, 15) is 4.79 Å². The van der Waals surface area contributed by atoms with Crippen molar-refractivity contribution >= 4 is 5.97 Å². The van der Waals surface area contributed by atoms with E-state index in [0.717, 1.165) is 11.1 Å². The molecule has 0 spiro atoms. The molecule has 0 saturated heterocycles. The molecule has 0 amide bonds. The Bertz CT molecular complexity index is 613. The number of hydrogen-bond donors (Lipinski definition) is 0. The molecule has 0 radical (unpaired) electrons. The molecule has 0 aliphatic heterocycles. The summed E-state index contributed by atoms with van der Waals surface area (Å²) in [6.07, 6.45) is 0.0597. The molecule has 0 atom stereocenters. The Morgan fingerprint density at radius 1 is 1.00 bits per heavy atom. The average Bonchev–Trinajstić information content (AvgIpc) is 2.57. The lowest BCUT2D eigenvalue weighted by molar-refractivity contribution is -0.196. The quantitative estimate of drug-likeness (QED) is 0.321. The van der Waals surface area contributed by atoms with Crippen LogP contribution in [0.4, 0.5) is 0 Å². The standard InChI is InChI=1S/C17H18N4O2/c18-20-19-12-11-17(22)23-21(13-15-7-3-1-4-8-15)14-16-9-5-2-6-10-16/h1-10H,11-14H2. The topological polar surface area (TPSA) is 78.3 Å². The van der Waals surface area contributed by atoms with Gasteiger partial charge in [0.2, 0.25) is 0 Å². The molecule has 0 unspecified atom stereocenters. The number of benzene rings is 2. The Morgan fingerprint density at radius 3 is 2.00 bits per heavy atom. The fourth-order valence-corrected chi connectivity index (χ4v) is 2.07. The third-order valence-corrected chi connectivity index (χ3v) is 3.11. The number of azide groups is 1. The molecule has 23 heavy (non-hydrogen) atoms. The van der Waals surface area contributed by atoms with Gasteiger partial charge in [-0.1, -0.05) is 65.8 Å². The van der Waals surface area contributed by atoms with Crippen molar-refractivity contribution in [3.8, 4) is 0 Å². The van der Waals surface area contributed by atoms with Gasteiger partial charge in [0.1, 0.15) is 0 Å². The SMILES string of the molecule is [N-]=[N+]=NCCC(=O)ON(Cc1ccccc1)Cc1ccccc1. The first-order valence-electron chi connectivity index (χ1n) is 7.32. The van der Waals surface area contributed by atoms with E-state index in [1.807, 2.05) is 60.7 Å². The molecular weight excluding hydrogens is 292 g/mol. The predicted octanol–water partition coefficient (Wildman–Crippen LogP) is 3.85. The van der Waals surface area contributed by atoms with Crippen molar-refractivity contribution in [1.82, 2.24) is 5.06 Å². The van der Waals surface area contributed by atoms with E-state index in [4.69, 9.17) is 10.4 Å². The Hall–Kier alpha value is -2.82. The lowest BCUT2D eigenvalue weighted by Gasteiger charge is -2.21. The molecule has 0 bridgehead atoms. The van der Waals surface area contributed by atoms with Crippen LogP contribution in [0.3, 0.4) is 0 Å². The number of hydroxylamine groups is 2. The highest BCUT2D eigenvalue weighted by Crippen LogP contribution is 2.11. The predicted molar refractivity (Wildman–Crippen MR) is 86.9 cm³/mol. The van der Waals surface area contributed by atoms with E-state index >= 15 is 0 Å². The van der Waals surface area contributed by atoms with Gasteiger partial charge in [0.05, 0.1) is 19.5 Å². The minimum Gasteiger partial charge on any atom is -0.367 e. The summed E-state index contributed by atoms with van der Waals surface area (Å²) in [6, 6.07) is 19.6. The van der Waals surface area contributed by atoms with Crippen LogP contribution in [-0.2, 0) is 22.7 Å². The largest absolute Gasteiger partial charge is 0.367 e. The van der Waals surface area contributed by atoms with E-state index in [0.29, 0.717) is 13.1 Å². The molecule has 2 aromatic rings. The number of rotatable bonds is 8. The van der Waals surface area contributed by atoms with Gasteiger partial charge in [-0.3, -0.25) is 4.79 Å². The number of carbonyl (C=O) groups excluding carboxylic acids is 1. The molecule has 6 heteroatoms. The first-order valence-corrected chi connectivity index (χ1v) is 7.32. The van der Waals surface area contributed by atoms with Gasteiger partial charge >= 0.3 is 5.97 Å². The first-order chi connectivity index (χ1) is 11.3. The Balaban J connectivity index is 2.01. The molecule has 2 aromatic carbocycles. The summed E-state index contributed by atoms with van der Waals surface area (Å²) in [5, 5.41) is 4.96. The molecule has 0 saturated carbocycles. The molecule has 0 aliphatic carbocycles. The van der Waals surface area contributed by atoms with Crippen LogP contribution in [-0.4, -0.2) is 17.6 Å². The maximum absolute atomic E-state index is 11.9. The maximum Gasteiger partial charge on any atom is 0.325 e. The van der Waals surface area contributed by atoms with Crippen molar-refractivity contribution in [2.45, 2.75) is 19.5 Å². The molecule has 0 fully saturated rings. The monoisotopic (exact) mass is 310 g/mol. The van der Waals surface area contributed by atoms with Crippen LogP contribution in [0, 0.1) is 0 Å². The van der Waals surface area contributed by atoms with Crippen molar-refractivity contribution in [2.75, 3.05) is 6.54 Å². The molecule has 0 aliphatic rings.